The quantitative estimate of drug-likeness (QED) is 0.552. The molecule has 8 heteroatoms. The highest BCUT2D eigenvalue weighted by Crippen LogP contribution is 2.36. The van der Waals surface area contributed by atoms with E-state index in [4.69, 9.17) is 11.6 Å². The zero-order valence-electron chi connectivity index (χ0n) is 11.9. The van der Waals surface area contributed by atoms with E-state index in [9.17, 15) is 9.90 Å². The molecule has 0 spiro atoms. The highest BCUT2D eigenvalue weighted by molar-refractivity contribution is 9.11. The number of thioether (sulfide) groups is 1. The first kappa shape index (κ1) is 17.5. The second kappa shape index (κ2) is 7.31. The fourth-order valence-corrected chi connectivity index (χ4v) is 4.23. The summed E-state index contributed by atoms with van der Waals surface area (Å²) in [4.78, 5) is 16.9. The van der Waals surface area contributed by atoms with Crippen molar-refractivity contribution in [3.63, 3.8) is 0 Å². The van der Waals surface area contributed by atoms with Gasteiger partial charge in [-0.2, -0.15) is 0 Å². The summed E-state index contributed by atoms with van der Waals surface area (Å²) in [7, 11) is 0. The fourth-order valence-electron chi connectivity index (χ4n) is 1.97. The van der Waals surface area contributed by atoms with Crippen molar-refractivity contribution in [2.75, 3.05) is 0 Å². The lowest BCUT2D eigenvalue weighted by atomic mass is 10.2. The van der Waals surface area contributed by atoms with Crippen molar-refractivity contribution >= 4 is 78.1 Å². The molecule has 1 saturated heterocycles. The van der Waals surface area contributed by atoms with Crippen LogP contribution < -0.4 is 5.32 Å². The number of hydrogen-bond donors (Lipinski definition) is 2. The summed E-state index contributed by atoms with van der Waals surface area (Å²) in [6, 6.07) is 10.6. The van der Waals surface area contributed by atoms with Crippen LogP contribution in [0.1, 0.15) is 5.56 Å². The monoisotopic (exact) mass is 486 g/mol. The summed E-state index contributed by atoms with van der Waals surface area (Å²) in [5, 5.41) is 13.7. The zero-order valence-corrected chi connectivity index (χ0v) is 16.6. The Balaban J connectivity index is 1.92. The molecular formula is C16H9Br2ClN2O2S. The predicted molar refractivity (Wildman–Crippen MR) is 106 cm³/mol. The van der Waals surface area contributed by atoms with Crippen molar-refractivity contribution in [3.05, 3.63) is 60.8 Å². The SMILES string of the molecule is O=C1NC(=Nc2ccccc2Cl)SC1=Cc1cc(Br)cc(Br)c1O. The van der Waals surface area contributed by atoms with Gasteiger partial charge >= 0.3 is 0 Å². The van der Waals surface area contributed by atoms with Crippen LogP contribution in [0.2, 0.25) is 5.02 Å². The van der Waals surface area contributed by atoms with Crippen molar-refractivity contribution in [2.45, 2.75) is 0 Å². The lowest BCUT2D eigenvalue weighted by Gasteiger charge is -2.03. The number of phenols is 1. The Morgan fingerprint density at radius 1 is 1.25 bits per heavy atom. The van der Waals surface area contributed by atoms with Crippen LogP contribution in [-0.4, -0.2) is 16.2 Å². The number of benzene rings is 2. The van der Waals surface area contributed by atoms with Gasteiger partial charge in [0.25, 0.3) is 5.91 Å². The van der Waals surface area contributed by atoms with E-state index in [1.165, 1.54) is 11.8 Å². The second-order valence-corrected chi connectivity index (χ2v) is 7.97. The number of carbonyl (C=O) groups excluding carboxylic acids is 1. The number of para-hydroxylation sites is 1. The molecule has 4 nitrogen and oxygen atoms in total. The molecule has 122 valence electrons. The third-order valence-electron chi connectivity index (χ3n) is 3.07. The molecule has 24 heavy (non-hydrogen) atoms. The number of aromatic hydroxyl groups is 1. The minimum Gasteiger partial charge on any atom is -0.506 e. The van der Waals surface area contributed by atoms with E-state index in [2.05, 4.69) is 42.2 Å². The topological polar surface area (TPSA) is 61.7 Å². The van der Waals surface area contributed by atoms with Crippen LogP contribution in [0.15, 0.2) is 55.2 Å². The van der Waals surface area contributed by atoms with E-state index >= 15 is 0 Å². The Kier molecular flexibility index (Phi) is 5.34. The molecule has 2 aromatic rings. The van der Waals surface area contributed by atoms with Gasteiger partial charge in [0.1, 0.15) is 5.75 Å². The smallest absolute Gasteiger partial charge is 0.264 e. The molecule has 0 aliphatic carbocycles. The molecule has 0 bridgehead atoms. The van der Waals surface area contributed by atoms with E-state index in [-0.39, 0.29) is 11.7 Å². The molecule has 0 saturated carbocycles. The Morgan fingerprint density at radius 3 is 2.75 bits per heavy atom. The summed E-state index contributed by atoms with van der Waals surface area (Å²) in [5.74, 6) is -0.211. The minimum atomic E-state index is -0.277. The standard InChI is InChI=1S/C16H9Br2ClN2O2S/c17-9-5-8(14(22)10(18)7-9)6-13-15(23)21-16(24-13)20-12-4-2-1-3-11(12)19/h1-7,22H,(H,20,21,23). The van der Waals surface area contributed by atoms with Crippen molar-refractivity contribution in [3.8, 4) is 5.75 Å². The van der Waals surface area contributed by atoms with Crippen LogP contribution in [0.4, 0.5) is 5.69 Å². The number of carbonyl (C=O) groups is 1. The third-order valence-corrected chi connectivity index (χ3v) is 5.36. The molecule has 1 aliphatic rings. The molecule has 3 rings (SSSR count). The van der Waals surface area contributed by atoms with Gasteiger partial charge in [0.15, 0.2) is 5.17 Å². The number of nitrogens with one attached hydrogen (secondary N) is 1. The van der Waals surface area contributed by atoms with Gasteiger partial charge in [0.2, 0.25) is 0 Å². The highest BCUT2D eigenvalue weighted by Gasteiger charge is 2.24. The first-order valence-corrected chi connectivity index (χ1v) is 9.44. The van der Waals surface area contributed by atoms with Crippen molar-refractivity contribution < 1.29 is 9.90 Å². The molecule has 2 N–H and O–H groups in total. The summed E-state index contributed by atoms with van der Waals surface area (Å²) < 4.78 is 1.32. The Labute approximate surface area is 164 Å². The van der Waals surface area contributed by atoms with Crippen LogP contribution >= 0.6 is 55.2 Å². The summed E-state index contributed by atoms with van der Waals surface area (Å²) in [6.07, 6.45) is 1.61. The largest absolute Gasteiger partial charge is 0.506 e. The van der Waals surface area contributed by atoms with Crippen LogP contribution in [-0.2, 0) is 4.79 Å². The van der Waals surface area contributed by atoms with Gasteiger partial charge in [0, 0.05) is 10.0 Å². The maximum Gasteiger partial charge on any atom is 0.264 e. The Hall–Kier alpha value is -1.28. The van der Waals surface area contributed by atoms with E-state index < -0.39 is 0 Å². The Bertz CT molecular complexity index is 900. The third kappa shape index (κ3) is 3.85. The maximum atomic E-state index is 12.1. The average Bonchev–Trinajstić information content (AvgIpc) is 2.86. The molecule has 1 heterocycles. The van der Waals surface area contributed by atoms with Gasteiger partial charge in [-0.1, -0.05) is 39.7 Å². The molecule has 1 aliphatic heterocycles. The van der Waals surface area contributed by atoms with Crippen LogP contribution in [0.3, 0.4) is 0 Å². The van der Waals surface area contributed by atoms with Gasteiger partial charge in [-0.05, 0) is 58.0 Å². The van der Waals surface area contributed by atoms with E-state index in [1.807, 2.05) is 12.1 Å². The van der Waals surface area contributed by atoms with Crippen LogP contribution in [0.5, 0.6) is 5.75 Å². The number of nitrogens with zero attached hydrogens (tertiary/aromatic N) is 1. The number of rotatable bonds is 2. The average molecular weight is 489 g/mol. The second-order valence-electron chi connectivity index (χ2n) is 4.76. The van der Waals surface area contributed by atoms with Crippen molar-refractivity contribution in [1.82, 2.24) is 5.32 Å². The van der Waals surface area contributed by atoms with Gasteiger partial charge in [-0.25, -0.2) is 4.99 Å². The predicted octanol–water partition coefficient (Wildman–Crippen LogP) is 5.46. The van der Waals surface area contributed by atoms with Crippen LogP contribution in [0, 0.1) is 0 Å². The molecule has 1 amide bonds. The fraction of sp³-hybridized carbons (Fsp3) is 0. The van der Waals surface area contributed by atoms with Crippen LogP contribution in [0.25, 0.3) is 6.08 Å². The number of halogens is 3. The van der Waals surface area contributed by atoms with E-state index in [0.717, 1.165) is 4.47 Å². The first-order valence-electron chi connectivity index (χ1n) is 6.66. The maximum absolute atomic E-state index is 12.1. The summed E-state index contributed by atoms with van der Waals surface area (Å²) in [6.45, 7) is 0. The van der Waals surface area contributed by atoms with E-state index in [0.29, 0.717) is 30.8 Å². The highest BCUT2D eigenvalue weighted by atomic mass is 79.9. The number of amides is 1. The molecule has 0 radical (unpaired) electrons. The van der Waals surface area contributed by atoms with Gasteiger partial charge < -0.3 is 10.4 Å². The normalized spacial score (nSPS) is 17.5. The van der Waals surface area contributed by atoms with Crippen molar-refractivity contribution in [1.29, 1.82) is 0 Å². The lowest BCUT2D eigenvalue weighted by Crippen LogP contribution is -2.19. The molecule has 1 fully saturated rings. The van der Waals surface area contributed by atoms with E-state index in [1.54, 1.807) is 30.3 Å². The molecule has 0 aromatic heterocycles. The number of phenolic OH excluding ortho intramolecular Hbond substituents is 1. The van der Waals surface area contributed by atoms with Gasteiger partial charge in [-0.3, -0.25) is 4.79 Å². The van der Waals surface area contributed by atoms with Crippen molar-refractivity contribution in [2.24, 2.45) is 4.99 Å². The summed E-state index contributed by atoms with van der Waals surface area (Å²) >= 11 is 13.9. The van der Waals surface area contributed by atoms with Gasteiger partial charge in [0.05, 0.1) is 20.1 Å². The molecule has 0 atom stereocenters. The zero-order chi connectivity index (χ0) is 17.3. The first-order chi connectivity index (χ1) is 11.4. The number of amidine groups is 1. The number of hydrogen-bond acceptors (Lipinski definition) is 4. The molecular weight excluding hydrogens is 480 g/mol. The molecule has 2 aromatic carbocycles. The Morgan fingerprint density at radius 2 is 2.00 bits per heavy atom. The minimum absolute atomic E-state index is 0.0654. The van der Waals surface area contributed by atoms with Gasteiger partial charge in [-0.15, -0.1) is 0 Å². The lowest BCUT2D eigenvalue weighted by molar-refractivity contribution is -0.115. The number of aliphatic imine (C=N–C) groups is 1. The summed E-state index contributed by atoms with van der Waals surface area (Å²) in [5.41, 5.74) is 1.10. The molecule has 0 unspecified atom stereocenters.